The summed E-state index contributed by atoms with van der Waals surface area (Å²) in [5, 5.41) is 5.40. The van der Waals surface area contributed by atoms with Crippen molar-refractivity contribution in [2.75, 3.05) is 11.9 Å². The number of anilines is 1. The lowest BCUT2D eigenvalue weighted by molar-refractivity contribution is -0.121. The molecule has 2 amide bonds. The highest BCUT2D eigenvalue weighted by Crippen LogP contribution is 2.20. The Bertz CT molecular complexity index is 786. The van der Waals surface area contributed by atoms with Gasteiger partial charge in [-0.05, 0) is 36.3 Å². The molecule has 0 unspecified atom stereocenters. The van der Waals surface area contributed by atoms with E-state index >= 15 is 0 Å². The SMILES string of the molecule is CCc1ccccc1NC(=O)CNC(=O)/C=C/c1c(F)cccc1Cl. The molecule has 0 bridgehead atoms. The largest absolute Gasteiger partial charge is 0.343 e. The Morgan fingerprint density at radius 2 is 1.92 bits per heavy atom. The first-order valence-electron chi connectivity index (χ1n) is 7.79. The number of halogens is 2. The minimum Gasteiger partial charge on any atom is -0.343 e. The standard InChI is InChI=1S/C19H18ClFN2O2/c1-2-13-6-3-4-9-17(13)23-19(25)12-22-18(24)11-10-14-15(20)7-5-8-16(14)21/h3-11H,2,12H2,1H3,(H,22,24)(H,23,25)/b11-10+. The number of rotatable bonds is 6. The second-order valence-electron chi connectivity index (χ2n) is 5.25. The molecule has 0 aliphatic carbocycles. The van der Waals surface area contributed by atoms with E-state index in [4.69, 9.17) is 11.6 Å². The molecule has 2 aromatic rings. The van der Waals surface area contributed by atoms with E-state index in [0.717, 1.165) is 23.7 Å². The minimum atomic E-state index is -0.523. The van der Waals surface area contributed by atoms with Crippen molar-refractivity contribution in [3.05, 3.63) is 70.5 Å². The third-order valence-electron chi connectivity index (χ3n) is 3.50. The zero-order valence-corrected chi connectivity index (χ0v) is 14.4. The molecule has 0 fully saturated rings. The lowest BCUT2D eigenvalue weighted by atomic mass is 10.1. The van der Waals surface area contributed by atoms with Gasteiger partial charge in [-0.3, -0.25) is 9.59 Å². The first-order chi connectivity index (χ1) is 12.0. The Morgan fingerprint density at radius 3 is 2.64 bits per heavy atom. The number of carbonyl (C=O) groups is 2. The van der Waals surface area contributed by atoms with E-state index in [1.807, 2.05) is 25.1 Å². The van der Waals surface area contributed by atoms with Crippen LogP contribution in [0.4, 0.5) is 10.1 Å². The maximum Gasteiger partial charge on any atom is 0.244 e. The zero-order valence-electron chi connectivity index (χ0n) is 13.7. The van der Waals surface area contributed by atoms with Crippen LogP contribution in [0.15, 0.2) is 48.5 Å². The first kappa shape index (κ1) is 18.7. The molecule has 0 radical (unpaired) electrons. The molecule has 0 spiro atoms. The third-order valence-corrected chi connectivity index (χ3v) is 3.83. The second kappa shape index (κ2) is 8.99. The van der Waals surface area contributed by atoms with Gasteiger partial charge in [-0.25, -0.2) is 4.39 Å². The molecule has 130 valence electrons. The number of amides is 2. The maximum absolute atomic E-state index is 13.6. The molecular formula is C19H18ClFN2O2. The molecule has 2 rings (SSSR count). The minimum absolute atomic E-state index is 0.126. The highest BCUT2D eigenvalue weighted by atomic mass is 35.5. The van der Waals surface area contributed by atoms with Gasteiger partial charge in [0.05, 0.1) is 11.6 Å². The molecule has 0 saturated carbocycles. The smallest absolute Gasteiger partial charge is 0.244 e. The fraction of sp³-hybridized carbons (Fsp3) is 0.158. The van der Waals surface area contributed by atoms with Crippen molar-refractivity contribution < 1.29 is 14.0 Å². The number of hydrogen-bond acceptors (Lipinski definition) is 2. The van der Waals surface area contributed by atoms with E-state index in [-0.39, 0.29) is 23.0 Å². The van der Waals surface area contributed by atoms with Crippen molar-refractivity contribution in [2.24, 2.45) is 0 Å². The van der Waals surface area contributed by atoms with Gasteiger partial charge >= 0.3 is 0 Å². The molecule has 0 atom stereocenters. The fourth-order valence-electron chi connectivity index (χ4n) is 2.20. The van der Waals surface area contributed by atoms with Gasteiger partial charge in [-0.15, -0.1) is 0 Å². The summed E-state index contributed by atoms with van der Waals surface area (Å²) < 4.78 is 13.6. The second-order valence-corrected chi connectivity index (χ2v) is 5.65. The van der Waals surface area contributed by atoms with Crippen LogP contribution in [0.1, 0.15) is 18.1 Å². The summed E-state index contributed by atoms with van der Waals surface area (Å²) in [7, 11) is 0. The van der Waals surface area contributed by atoms with Gasteiger partial charge in [0.15, 0.2) is 0 Å². The monoisotopic (exact) mass is 360 g/mol. The molecule has 2 aromatic carbocycles. The van der Waals surface area contributed by atoms with E-state index in [0.29, 0.717) is 0 Å². The van der Waals surface area contributed by atoms with Crippen molar-refractivity contribution in [3.63, 3.8) is 0 Å². The maximum atomic E-state index is 13.6. The van der Waals surface area contributed by atoms with Crippen molar-refractivity contribution in [2.45, 2.75) is 13.3 Å². The highest BCUT2D eigenvalue weighted by molar-refractivity contribution is 6.32. The van der Waals surface area contributed by atoms with Crippen LogP contribution < -0.4 is 10.6 Å². The summed E-state index contributed by atoms with van der Waals surface area (Å²) in [6.45, 7) is 1.80. The average Bonchev–Trinajstić information content (AvgIpc) is 2.60. The quantitative estimate of drug-likeness (QED) is 0.769. The van der Waals surface area contributed by atoms with Gasteiger partial charge < -0.3 is 10.6 Å². The summed E-state index contributed by atoms with van der Waals surface area (Å²) in [5.74, 6) is -1.38. The van der Waals surface area contributed by atoms with Gasteiger partial charge in [0.1, 0.15) is 5.82 Å². The number of carbonyl (C=O) groups excluding carboxylic acids is 2. The lowest BCUT2D eigenvalue weighted by Crippen LogP contribution is -2.31. The van der Waals surface area contributed by atoms with Crippen LogP contribution >= 0.6 is 11.6 Å². The van der Waals surface area contributed by atoms with Crippen LogP contribution in [0.25, 0.3) is 6.08 Å². The Balaban J connectivity index is 1.89. The average molecular weight is 361 g/mol. The lowest BCUT2D eigenvalue weighted by Gasteiger charge is -2.09. The van der Waals surface area contributed by atoms with E-state index in [1.165, 1.54) is 24.3 Å². The molecule has 0 heterocycles. The summed E-state index contributed by atoms with van der Waals surface area (Å²) in [4.78, 5) is 23.7. The number of nitrogens with one attached hydrogen (secondary N) is 2. The predicted molar refractivity (Wildman–Crippen MR) is 97.9 cm³/mol. The molecule has 25 heavy (non-hydrogen) atoms. The summed E-state index contributed by atoms with van der Waals surface area (Å²) in [5.41, 5.74) is 1.86. The van der Waals surface area contributed by atoms with Crippen LogP contribution in [0, 0.1) is 5.82 Å². The van der Waals surface area contributed by atoms with Gasteiger partial charge in [-0.2, -0.15) is 0 Å². The van der Waals surface area contributed by atoms with E-state index < -0.39 is 11.7 Å². The van der Waals surface area contributed by atoms with Gasteiger partial charge in [-0.1, -0.05) is 42.8 Å². The number of benzene rings is 2. The van der Waals surface area contributed by atoms with E-state index in [2.05, 4.69) is 10.6 Å². The topological polar surface area (TPSA) is 58.2 Å². The van der Waals surface area contributed by atoms with Gasteiger partial charge in [0.2, 0.25) is 11.8 Å². The van der Waals surface area contributed by atoms with Crippen LogP contribution in [0.2, 0.25) is 5.02 Å². The predicted octanol–water partition coefficient (Wildman–Crippen LogP) is 3.81. The molecule has 0 aromatic heterocycles. The van der Waals surface area contributed by atoms with Crippen molar-refractivity contribution in [1.29, 1.82) is 0 Å². The van der Waals surface area contributed by atoms with Gasteiger partial charge in [0, 0.05) is 17.3 Å². The number of aryl methyl sites for hydroxylation is 1. The summed E-state index contributed by atoms with van der Waals surface area (Å²) in [6.07, 6.45) is 3.20. The molecule has 0 aliphatic rings. The van der Waals surface area contributed by atoms with Crippen LogP contribution in [0.5, 0.6) is 0 Å². The Morgan fingerprint density at radius 1 is 1.16 bits per heavy atom. The van der Waals surface area contributed by atoms with Crippen LogP contribution in [-0.2, 0) is 16.0 Å². The molecule has 4 nitrogen and oxygen atoms in total. The highest BCUT2D eigenvalue weighted by Gasteiger charge is 2.07. The van der Waals surface area contributed by atoms with Crippen molar-refractivity contribution in [3.8, 4) is 0 Å². The molecule has 0 saturated heterocycles. The Kier molecular flexibility index (Phi) is 6.71. The molecule has 0 aliphatic heterocycles. The summed E-state index contributed by atoms with van der Waals surface area (Å²) >= 11 is 5.87. The molecular weight excluding hydrogens is 343 g/mol. The molecule has 2 N–H and O–H groups in total. The van der Waals surface area contributed by atoms with E-state index in [1.54, 1.807) is 6.07 Å². The number of para-hydroxylation sites is 1. The zero-order chi connectivity index (χ0) is 18.2. The van der Waals surface area contributed by atoms with Crippen LogP contribution in [0.3, 0.4) is 0 Å². The summed E-state index contributed by atoms with van der Waals surface area (Å²) in [6, 6.07) is 11.7. The number of hydrogen-bond donors (Lipinski definition) is 2. The van der Waals surface area contributed by atoms with Crippen molar-refractivity contribution in [1.82, 2.24) is 5.32 Å². The normalized spacial score (nSPS) is 10.7. The Hall–Kier alpha value is -2.66. The first-order valence-corrected chi connectivity index (χ1v) is 8.16. The Labute approximate surface area is 150 Å². The van der Waals surface area contributed by atoms with Crippen molar-refractivity contribution >= 4 is 35.2 Å². The third kappa shape index (κ3) is 5.43. The van der Waals surface area contributed by atoms with Gasteiger partial charge in [0.25, 0.3) is 0 Å². The van der Waals surface area contributed by atoms with Crippen LogP contribution in [-0.4, -0.2) is 18.4 Å². The fourth-order valence-corrected chi connectivity index (χ4v) is 2.43. The van der Waals surface area contributed by atoms with E-state index in [9.17, 15) is 14.0 Å². The molecule has 6 heteroatoms.